The van der Waals surface area contributed by atoms with Gasteiger partial charge < -0.3 is 14.2 Å². The normalized spacial score (nSPS) is 24.0. The summed E-state index contributed by atoms with van der Waals surface area (Å²) >= 11 is 0. The maximum absolute atomic E-state index is 11.8. The maximum atomic E-state index is 11.8. The highest BCUT2D eigenvalue weighted by Crippen LogP contribution is 2.31. The van der Waals surface area contributed by atoms with E-state index in [4.69, 9.17) is 9.47 Å². The quantitative estimate of drug-likeness (QED) is 0.735. The van der Waals surface area contributed by atoms with Crippen LogP contribution in [0.2, 0.25) is 0 Å². The van der Waals surface area contributed by atoms with E-state index in [0.717, 1.165) is 25.7 Å². The summed E-state index contributed by atoms with van der Waals surface area (Å²) in [6, 6.07) is 10.4. The Bertz CT molecular complexity index is 542. The van der Waals surface area contributed by atoms with E-state index in [2.05, 4.69) is 35.9 Å². The van der Waals surface area contributed by atoms with E-state index in [1.807, 2.05) is 6.07 Å². The molecule has 0 aliphatic carbocycles. The van der Waals surface area contributed by atoms with Gasteiger partial charge in [0.15, 0.2) is 0 Å². The molecule has 2 rings (SSSR count). The zero-order valence-corrected chi connectivity index (χ0v) is 15.1. The molecule has 0 radical (unpaired) electrons. The summed E-state index contributed by atoms with van der Waals surface area (Å²) in [7, 11) is 1.31. The number of hydrogen-bond donors (Lipinski definition) is 0. The van der Waals surface area contributed by atoms with Crippen LogP contribution in [-0.2, 0) is 23.8 Å². The fourth-order valence-corrected chi connectivity index (χ4v) is 3.24. The number of carbonyl (C=O) groups is 2. The lowest BCUT2D eigenvalue weighted by Crippen LogP contribution is -2.30. The van der Waals surface area contributed by atoms with E-state index in [9.17, 15) is 9.59 Å². The molecule has 5 heteroatoms. The first-order valence-corrected chi connectivity index (χ1v) is 9.01. The number of esters is 2. The van der Waals surface area contributed by atoms with Gasteiger partial charge in [-0.15, -0.1) is 0 Å². The van der Waals surface area contributed by atoms with Crippen LogP contribution in [0.5, 0.6) is 0 Å². The monoisotopic (exact) mass is 348 g/mol. The van der Waals surface area contributed by atoms with E-state index in [0.29, 0.717) is 5.92 Å². The zero-order chi connectivity index (χ0) is 18.1. The molecule has 1 heterocycles. The molecule has 0 aromatic heterocycles. The van der Waals surface area contributed by atoms with Crippen LogP contribution in [0.15, 0.2) is 30.3 Å². The topological polar surface area (TPSA) is 61.8 Å². The Morgan fingerprint density at radius 3 is 2.56 bits per heavy atom. The second-order valence-corrected chi connectivity index (χ2v) is 6.60. The van der Waals surface area contributed by atoms with Gasteiger partial charge in [-0.05, 0) is 37.7 Å². The molecule has 3 atom stereocenters. The van der Waals surface area contributed by atoms with Crippen LogP contribution in [0.1, 0.15) is 56.9 Å². The number of rotatable bonds is 6. The molecule has 1 aliphatic rings. The van der Waals surface area contributed by atoms with Crippen molar-refractivity contribution in [1.82, 2.24) is 0 Å². The van der Waals surface area contributed by atoms with Gasteiger partial charge in [-0.25, -0.2) is 0 Å². The second-order valence-electron chi connectivity index (χ2n) is 6.60. The first-order chi connectivity index (χ1) is 12.1. The lowest BCUT2D eigenvalue weighted by Gasteiger charge is -2.30. The van der Waals surface area contributed by atoms with Crippen molar-refractivity contribution in [2.45, 2.75) is 63.6 Å². The van der Waals surface area contributed by atoms with Crippen LogP contribution < -0.4 is 0 Å². The fourth-order valence-electron chi connectivity index (χ4n) is 3.24. The van der Waals surface area contributed by atoms with E-state index >= 15 is 0 Å². The molecule has 1 aliphatic heterocycles. The first kappa shape index (κ1) is 19.4. The Hall–Kier alpha value is -1.88. The van der Waals surface area contributed by atoms with Crippen LogP contribution >= 0.6 is 0 Å². The number of carbonyl (C=O) groups excluding carboxylic acids is 2. The van der Waals surface area contributed by atoms with Crippen LogP contribution in [0.25, 0.3) is 0 Å². The molecule has 1 fully saturated rings. The predicted molar refractivity (Wildman–Crippen MR) is 94.2 cm³/mol. The molecule has 1 aromatic carbocycles. The summed E-state index contributed by atoms with van der Waals surface area (Å²) in [5, 5.41) is 0. The van der Waals surface area contributed by atoms with E-state index in [1.165, 1.54) is 12.7 Å². The summed E-state index contributed by atoms with van der Waals surface area (Å²) in [5.41, 5.74) is 1.31. The van der Waals surface area contributed by atoms with Crippen LogP contribution in [0.3, 0.4) is 0 Å². The third-order valence-corrected chi connectivity index (χ3v) is 4.60. The molecular weight excluding hydrogens is 320 g/mol. The molecule has 25 heavy (non-hydrogen) atoms. The van der Waals surface area contributed by atoms with E-state index in [1.54, 1.807) is 0 Å². The fraction of sp³-hybridized carbons (Fsp3) is 0.600. The highest BCUT2D eigenvalue weighted by molar-refractivity contribution is 5.77. The summed E-state index contributed by atoms with van der Waals surface area (Å²) in [4.78, 5) is 22.9. The molecule has 0 amide bonds. The number of methoxy groups -OCH3 is 1. The van der Waals surface area contributed by atoms with Crippen molar-refractivity contribution in [2.24, 2.45) is 0 Å². The Morgan fingerprint density at radius 2 is 1.84 bits per heavy atom. The van der Waals surface area contributed by atoms with Gasteiger partial charge in [0.1, 0.15) is 6.61 Å². The standard InChI is InChI=1S/C20H28O5/c1-15-7-6-10-17(16-8-4-3-5-9-16)13-18(25-15)14-24-20(22)12-11-19(21)23-2/h3-5,8-9,15,17-18H,6-7,10-14H2,1-2H3/t15?,17?,18-/m0/s1. The Balaban J connectivity index is 1.89. The van der Waals surface area contributed by atoms with Crippen LogP contribution in [0.4, 0.5) is 0 Å². The molecule has 0 spiro atoms. The summed E-state index contributed by atoms with van der Waals surface area (Å²) in [5.74, 6) is -0.385. The summed E-state index contributed by atoms with van der Waals surface area (Å²) < 4.78 is 15.9. The lowest BCUT2D eigenvalue weighted by atomic mass is 9.87. The minimum Gasteiger partial charge on any atom is -0.469 e. The van der Waals surface area contributed by atoms with Gasteiger partial charge in [0.05, 0.1) is 32.2 Å². The third kappa shape index (κ3) is 6.86. The van der Waals surface area contributed by atoms with E-state index in [-0.39, 0.29) is 37.6 Å². The van der Waals surface area contributed by atoms with Crippen molar-refractivity contribution in [3.05, 3.63) is 35.9 Å². The minimum atomic E-state index is -0.406. The number of hydrogen-bond acceptors (Lipinski definition) is 5. The average Bonchev–Trinajstić information content (AvgIpc) is 2.61. The van der Waals surface area contributed by atoms with Crippen molar-refractivity contribution in [3.8, 4) is 0 Å². The van der Waals surface area contributed by atoms with Crippen LogP contribution in [0, 0.1) is 0 Å². The van der Waals surface area contributed by atoms with Crippen molar-refractivity contribution in [2.75, 3.05) is 13.7 Å². The summed E-state index contributed by atoms with van der Waals surface area (Å²) in [6.07, 6.45) is 4.21. The van der Waals surface area contributed by atoms with Gasteiger partial charge in [0.2, 0.25) is 0 Å². The molecule has 138 valence electrons. The predicted octanol–water partition coefficient (Wildman–Crippen LogP) is 3.61. The molecule has 0 saturated carbocycles. The zero-order valence-electron chi connectivity index (χ0n) is 15.1. The molecular formula is C20H28O5. The molecule has 2 unspecified atom stereocenters. The first-order valence-electron chi connectivity index (χ1n) is 9.01. The third-order valence-electron chi connectivity index (χ3n) is 4.60. The second kappa shape index (κ2) is 10.2. The molecule has 1 aromatic rings. The largest absolute Gasteiger partial charge is 0.469 e. The van der Waals surface area contributed by atoms with Crippen molar-refractivity contribution < 1.29 is 23.8 Å². The highest BCUT2D eigenvalue weighted by atomic mass is 16.6. The van der Waals surface area contributed by atoms with Gasteiger partial charge in [0.25, 0.3) is 0 Å². The summed E-state index contributed by atoms with van der Waals surface area (Å²) in [6.45, 7) is 2.29. The molecule has 1 saturated heterocycles. The number of benzene rings is 1. The van der Waals surface area contributed by atoms with Gasteiger partial charge >= 0.3 is 11.9 Å². The smallest absolute Gasteiger partial charge is 0.306 e. The SMILES string of the molecule is COC(=O)CCC(=O)OC[C@@H]1CC(c2ccccc2)CCCC(C)O1. The Labute approximate surface area is 149 Å². The lowest BCUT2D eigenvalue weighted by molar-refractivity contribution is -0.153. The molecule has 5 nitrogen and oxygen atoms in total. The number of ether oxygens (including phenoxy) is 3. The highest BCUT2D eigenvalue weighted by Gasteiger charge is 2.24. The average molecular weight is 348 g/mol. The van der Waals surface area contributed by atoms with Crippen molar-refractivity contribution >= 4 is 11.9 Å². The van der Waals surface area contributed by atoms with Gasteiger partial charge in [0, 0.05) is 0 Å². The van der Waals surface area contributed by atoms with Crippen LogP contribution in [-0.4, -0.2) is 37.9 Å². The van der Waals surface area contributed by atoms with E-state index < -0.39 is 5.97 Å². The maximum Gasteiger partial charge on any atom is 0.306 e. The van der Waals surface area contributed by atoms with Gasteiger partial charge in [-0.1, -0.05) is 36.8 Å². The van der Waals surface area contributed by atoms with Gasteiger partial charge in [-0.2, -0.15) is 0 Å². The Kier molecular flexibility index (Phi) is 7.92. The van der Waals surface area contributed by atoms with Crippen molar-refractivity contribution in [3.63, 3.8) is 0 Å². The minimum absolute atomic E-state index is 0.0388. The van der Waals surface area contributed by atoms with Crippen molar-refractivity contribution in [1.29, 1.82) is 0 Å². The molecule has 0 bridgehead atoms. The van der Waals surface area contributed by atoms with Gasteiger partial charge in [-0.3, -0.25) is 9.59 Å². The Morgan fingerprint density at radius 1 is 1.12 bits per heavy atom. The molecule has 0 N–H and O–H groups in total.